The van der Waals surface area contributed by atoms with Crippen molar-refractivity contribution in [2.75, 3.05) is 0 Å². The summed E-state index contributed by atoms with van der Waals surface area (Å²) in [7, 11) is 0. The van der Waals surface area contributed by atoms with Crippen molar-refractivity contribution in [1.29, 1.82) is 0 Å². The van der Waals surface area contributed by atoms with Crippen molar-refractivity contribution in [2.24, 2.45) is 5.92 Å². The molecule has 2 nitrogen and oxygen atoms in total. The summed E-state index contributed by atoms with van der Waals surface area (Å²) in [6.07, 6.45) is 4.69. The summed E-state index contributed by atoms with van der Waals surface area (Å²) < 4.78 is 13.3. The lowest BCUT2D eigenvalue weighted by molar-refractivity contribution is -0.137. The SMILES string of the molecule is Cc1cc(C(CC(=O)O)C2CCCC2)ccc1F. The van der Waals surface area contributed by atoms with Crippen molar-refractivity contribution < 1.29 is 14.3 Å². The topological polar surface area (TPSA) is 37.3 Å². The fourth-order valence-electron chi connectivity index (χ4n) is 3.00. The van der Waals surface area contributed by atoms with Gasteiger partial charge in [-0.3, -0.25) is 4.79 Å². The van der Waals surface area contributed by atoms with Crippen LogP contribution < -0.4 is 0 Å². The van der Waals surface area contributed by atoms with E-state index < -0.39 is 5.97 Å². The molecule has 1 N–H and O–H groups in total. The molecule has 98 valence electrons. The molecule has 0 radical (unpaired) electrons. The van der Waals surface area contributed by atoms with Gasteiger partial charge in [-0.05, 0) is 48.8 Å². The van der Waals surface area contributed by atoms with Gasteiger partial charge >= 0.3 is 5.97 Å². The van der Waals surface area contributed by atoms with Crippen molar-refractivity contribution in [3.63, 3.8) is 0 Å². The average molecular weight is 250 g/mol. The molecule has 1 aliphatic carbocycles. The molecule has 1 fully saturated rings. The van der Waals surface area contributed by atoms with Gasteiger partial charge in [-0.1, -0.05) is 25.0 Å². The smallest absolute Gasteiger partial charge is 0.303 e. The van der Waals surface area contributed by atoms with Crippen molar-refractivity contribution in [2.45, 2.75) is 44.9 Å². The van der Waals surface area contributed by atoms with E-state index in [0.717, 1.165) is 18.4 Å². The van der Waals surface area contributed by atoms with E-state index in [9.17, 15) is 9.18 Å². The van der Waals surface area contributed by atoms with E-state index in [1.54, 1.807) is 19.1 Å². The van der Waals surface area contributed by atoms with Crippen LogP contribution >= 0.6 is 0 Å². The van der Waals surface area contributed by atoms with Gasteiger partial charge in [-0.25, -0.2) is 4.39 Å². The van der Waals surface area contributed by atoms with Crippen LogP contribution in [-0.2, 0) is 4.79 Å². The van der Waals surface area contributed by atoms with E-state index >= 15 is 0 Å². The first kappa shape index (κ1) is 13.1. The fourth-order valence-corrected chi connectivity index (χ4v) is 3.00. The van der Waals surface area contributed by atoms with Gasteiger partial charge in [-0.2, -0.15) is 0 Å². The number of carbonyl (C=O) groups is 1. The second-order valence-corrected chi connectivity index (χ2v) is 5.26. The van der Waals surface area contributed by atoms with Crippen LogP contribution in [0, 0.1) is 18.7 Å². The molecule has 1 saturated carbocycles. The number of carboxylic acid groups (broad SMARTS) is 1. The zero-order valence-corrected chi connectivity index (χ0v) is 10.7. The Morgan fingerprint density at radius 2 is 2.11 bits per heavy atom. The molecule has 1 aliphatic rings. The van der Waals surface area contributed by atoms with E-state index in [-0.39, 0.29) is 18.2 Å². The highest BCUT2D eigenvalue weighted by Gasteiger charge is 2.28. The van der Waals surface area contributed by atoms with Crippen LogP contribution in [-0.4, -0.2) is 11.1 Å². The number of hydrogen-bond donors (Lipinski definition) is 1. The summed E-state index contributed by atoms with van der Waals surface area (Å²) in [6, 6.07) is 5.00. The second-order valence-electron chi connectivity index (χ2n) is 5.26. The second kappa shape index (κ2) is 5.51. The molecule has 0 aliphatic heterocycles. The van der Waals surface area contributed by atoms with Crippen LogP contribution in [0.4, 0.5) is 4.39 Å². The maximum atomic E-state index is 13.3. The van der Waals surface area contributed by atoms with Crippen LogP contribution in [0.15, 0.2) is 18.2 Å². The first-order valence-corrected chi connectivity index (χ1v) is 6.56. The number of aliphatic carboxylic acids is 1. The molecule has 1 unspecified atom stereocenters. The Bertz CT molecular complexity index is 436. The first-order chi connectivity index (χ1) is 8.58. The normalized spacial score (nSPS) is 17.9. The van der Waals surface area contributed by atoms with E-state index in [1.165, 1.54) is 18.9 Å². The number of halogens is 1. The van der Waals surface area contributed by atoms with Gasteiger partial charge in [-0.15, -0.1) is 0 Å². The number of hydrogen-bond acceptors (Lipinski definition) is 1. The predicted octanol–water partition coefficient (Wildman–Crippen LogP) is 3.88. The molecule has 0 saturated heterocycles. The summed E-state index contributed by atoms with van der Waals surface area (Å²) >= 11 is 0. The zero-order valence-electron chi connectivity index (χ0n) is 10.7. The summed E-state index contributed by atoms with van der Waals surface area (Å²) in [4.78, 5) is 11.0. The van der Waals surface area contributed by atoms with Gasteiger partial charge in [0.15, 0.2) is 0 Å². The Kier molecular flexibility index (Phi) is 4.00. The lowest BCUT2D eigenvalue weighted by Crippen LogP contribution is -2.14. The molecule has 0 aromatic heterocycles. The molecule has 1 aromatic carbocycles. The summed E-state index contributed by atoms with van der Waals surface area (Å²) in [5.41, 5.74) is 1.57. The van der Waals surface area contributed by atoms with Gasteiger partial charge in [0.1, 0.15) is 5.82 Å². The highest BCUT2D eigenvalue weighted by atomic mass is 19.1. The average Bonchev–Trinajstić information content (AvgIpc) is 2.83. The van der Waals surface area contributed by atoms with Crippen molar-refractivity contribution >= 4 is 5.97 Å². The van der Waals surface area contributed by atoms with Gasteiger partial charge < -0.3 is 5.11 Å². The first-order valence-electron chi connectivity index (χ1n) is 6.56. The van der Waals surface area contributed by atoms with Crippen molar-refractivity contribution in [3.05, 3.63) is 35.1 Å². The molecular weight excluding hydrogens is 231 g/mol. The Balaban J connectivity index is 2.26. The third-order valence-corrected chi connectivity index (χ3v) is 3.97. The van der Waals surface area contributed by atoms with Crippen molar-refractivity contribution in [1.82, 2.24) is 0 Å². The van der Waals surface area contributed by atoms with Crippen molar-refractivity contribution in [3.8, 4) is 0 Å². The van der Waals surface area contributed by atoms with Crippen LogP contribution in [0.25, 0.3) is 0 Å². The Morgan fingerprint density at radius 1 is 1.44 bits per heavy atom. The van der Waals surface area contributed by atoms with Gasteiger partial charge in [0.05, 0.1) is 6.42 Å². The minimum Gasteiger partial charge on any atom is -0.481 e. The molecular formula is C15H19FO2. The van der Waals surface area contributed by atoms with Crippen LogP contribution in [0.1, 0.15) is 49.1 Å². The number of benzene rings is 1. The molecule has 0 amide bonds. The Hall–Kier alpha value is -1.38. The fraction of sp³-hybridized carbons (Fsp3) is 0.533. The lowest BCUT2D eigenvalue weighted by atomic mass is 9.82. The molecule has 0 spiro atoms. The molecule has 1 atom stereocenters. The van der Waals surface area contributed by atoms with Gasteiger partial charge in [0, 0.05) is 0 Å². The van der Waals surface area contributed by atoms with E-state index in [0.29, 0.717) is 11.5 Å². The zero-order chi connectivity index (χ0) is 13.1. The van der Waals surface area contributed by atoms with E-state index in [1.807, 2.05) is 0 Å². The number of aryl methyl sites for hydroxylation is 1. The minimum absolute atomic E-state index is 0.0318. The van der Waals surface area contributed by atoms with E-state index in [2.05, 4.69) is 0 Å². The van der Waals surface area contributed by atoms with E-state index in [4.69, 9.17) is 5.11 Å². The minimum atomic E-state index is -0.770. The standard InChI is InChI=1S/C15H19FO2/c1-10-8-12(6-7-14(10)16)13(9-15(17)18)11-4-2-3-5-11/h6-8,11,13H,2-5,9H2,1H3,(H,17,18). The largest absolute Gasteiger partial charge is 0.481 e. The van der Waals surface area contributed by atoms with Gasteiger partial charge in [0.25, 0.3) is 0 Å². The molecule has 1 aromatic rings. The Labute approximate surface area is 107 Å². The maximum absolute atomic E-state index is 13.3. The third kappa shape index (κ3) is 2.89. The lowest BCUT2D eigenvalue weighted by Gasteiger charge is -2.22. The number of carboxylic acids is 1. The molecule has 18 heavy (non-hydrogen) atoms. The summed E-state index contributed by atoms with van der Waals surface area (Å²) in [5.74, 6) is -0.525. The van der Waals surface area contributed by atoms with Gasteiger partial charge in [0.2, 0.25) is 0 Å². The molecule has 3 heteroatoms. The number of rotatable bonds is 4. The van der Waals surface area contributed by atoms with Crippen LogP contribution in [0.5, 0.6) is 0 Å². The highest BCUT2D eigenvalue weighted by molar-refractivity contribution is 5.68. The molecule has 0 heterocycles. The molecule has 2 rings (SSSR count). The molecule has 0 bridgehead atoms. The summed E-state index contributed by atoms with van der Waals surface area (Å²) in [5, 5.41) is 9.06. The quantitative estimate of drug-likeness (QED) is 0.880. The van der Waals surface area contributed by atoms with Crippen LogP contribution in [0.3, 0.4) is 0 Å². The summed E-state index contributed by atoms with van der Waals surface area (Å²) in [6.45, 7) is 1.73. The third-order valence-electron chi connectivity index (χ3n) is 3.97. The maximum Gasteiger partial charge on any atom is 0.303 e. The van der Waals surface area contributed by atoms with Crippen LogP contribution in [0.2, 0.25) is 0 Å². The highest BCUT2D eigenvalue weighted by Crippen LogP contribution is 2.39. The predicted molar refractivity (Wildman–Crippen MR) is 68.1 cm³/mol. The Morgan fingerprint density at radius 3 is 2.67 bits per heavy atom. The monoisotopic (exact) mass is 250 g/mol.